The SMILES string of the molecule is O=C(CSc1nnc(-c2ccccc2F)n1-c1ccccc1)NCCC1=CCCCC1. The third-order valence-electron chi connectivity index (χ3n) is 5.25. The Hall–Kier alpha value is -2.93. The largest absolute Gasteiger partial charge is 0.355 e. The van der Waals surface area contributed by atoms with E-state index < -0.39 is 0 Å². The molecule has 4 rings (SSSR count). The van der Waals surface area contributed by atoms with Gasteiger partial charge in [0.1, 0.15) is 5.82 Å². The van der Waals surface area contributed by atoms with E-state index in [0.29, 0.717) is 23.1 Å². The zero-order chi connectivity index (χ0) is 21.5. The van der Waals surface area contributed by atoms with Crippen LogP contribution < -0.4 is 5.32 Å². The molecule has 1 aromatic heterocycles. The van der Waals surface area contributed by atoms with Crippen LogP contribution in [0.25, 0.3) is 17.1 Å². The number of benzene rings is 2. The zero-order valence-electron chi connectivity index (χ0n) is 17.3. The highest BCUT2D eigenvalue weighted by atomic mass is 32.2. The third-order valence-corrected chi connectivity index (χ3v) is 6.18. The van der Waals surface area contributed by atoms with Crippen molar-refractivity contribution in [2.24, 2.45) is 0 Å². The molecule has 7 heteroatoms. The van der Waals surface area contributed by atoms with Gasteiger partial charge in [0.05, 0.1) is 11.3 Å². The summed E-state index contributed by atoms with van der Waals surface area (Å²) in [6.07, 6.45) is 8.02. The minimum atomic E-state index is -0.363. The number of hydrogen-bond acceptors (Lipinski definition) is 4. The fourth-order valence-electron chi connectivity index (χ4n) is 3.67. The van der Waals surface area contributed by atoms with Gasteiger partial charge < -0.3 is 5.32 Å². The molecule has 1 aliphatic carbocycles. The van der Waals surface area contributed by atoms with E-state index in [1.165, 1.54) is 36.2 Å². The van der Waals surface area contributed by atoms with Crippen LogP contribution in [0, 0.1) is 5.82 Å². The van der Waals surface area contributed by atoms with Crippen molar-refractivity contribution in [3.63, 3.8) is 0 Å². The lowest BCUT2D eigenvalue weighted by Gasteiger charge is -2.13. The monoisotopic (exact) mass is 436 g/mol. The van der Waals surface area contributed by atoms with E-state index in [4.69, 9.17) is 0 Å². The first-order chi connectivity index (χ1) is 15.2. The predicted molar refractivity (Wildman–Crippen MR) is 122 cm³/mol. The number of thioether (sulfide) groups is 1. The van der Waals surface area contributed by atoms with Gasteiger partial charge in [-0.2, -0.15) is 0 Å². The average Bonchev–Trinajstić information content (AvgIpc) is 3.23. The van der Waals surface area contributed by atoms with Crippen molar-refractivity contribution in [2.75, 3.05) is 12.3 Å². The molecule has 0 radical (unpaired) electrons. The number of nitrogens with zero attached hydrogens (tertiary/aromatic N) is 3. The summed E-state index contributed by atoms with van der Waals surface area (Å²) in [6.45, 7) is 0.650. The van der Waals surface area contributed by atoms with E-state index in [9.17, 15) is 9.18 Å². The summed E-state index contributed by atoms with van der Waals surface area (Å²) in [5, 5.41) is 12.0. The lowest BCUT2D eigenvalue weighted by Crippen LogP contribution is -2.26. The number of carbonyl (C=O) groups is 1. The van der Waals surface area contributed by atoms with Gasteiger partial charge in [0.25, 0.3) is 0 Å². The van der Waals surface area contributed by atoms with Crippen molar-refractivity contribution in [3.05, 3.63) is 72.1 Å². The molecule has 1 aliphatic rings. The van der Waals surface area contributed by atoms with Crippen LogP contribution >= 0.6 is 11.8 Å². The molecule has 3 aromatic rings. The van der Waals surface area contributed by atoms with Crippen molar-refractivity contribution in [1.29, 1.82) is 0 Å². The molecule has 0 bridgehead atoms. The summed E-state index contributed by atoms with van der Waals surface area (Å²) in [5.74, 6) is 0.229. The van der Waals surface area contributed by atoms with Gasteiger partial charge in [-0.15, -0.1) is 10.2 Å². The number of nitrogens with one attached hydrogen (secondary N) is 1. The van der Waals surface area contributed by atoms with E-state index >= 15 is 0 Å². The van der Waals surface area contributed by atoms with E-state index in [1.54, 1.807) is 22.8 Å². The molecule has 0 aliphatic heterocycles. The maximum absolute atomic E-state index is 14.4. The van der Waals surface area contributed by atoms with E-state index in [1.807, 2.05) is 30.3 Å². The standard InChI is InChI=1S/C24H25FN4OS/c25-21-14-8-7-13-20(21)23-27-28-24(29(23)19-11-5-2-6-12-19)31-17-22(30)26-16-15-18-9-3-1-4-10-18/h2,5-9,11-14H,1,3-4,10,15-17H2,(H,26,30). The summed E-state index contributed by atoms with van der Waals surface area (Å²) in [4.78, 5) is 12.4. The van der Waals surface area contributed by atoms with Crippen LogP contribution in [0.3, 0.4) is 0 Å². The number of carbonyl (C=O) groups excluding carboxylic acids is 1. The van der Waals surface area contributed by atoms with Gasteiger partial charge in [-0.05, 0) is 56.4 Å². The number of aromatic nitrogens is 3. The predicted octanol–water partition coefficient (Wildman–Crippen LogP) is 5.17. The first-order valence-corrected chi connectivity index (χ1v) is 11.5. The fraction of sp³-hybridized carbons (Fsp3) is 0.292. The average molecular weight is 437 g/mol. The Bertz CT molecular complexity index is 1060. The second-order valence-electron chi connectivity index (χ2n) is 7.45. The smallest absolute Gasteiger partial charge is 0.230 e. The number of para-hydroxylation sites is 1. The van der Waals surface area contributed by atoms with Crippen LogP contribution in [0.2, 0.25) is 0 Å². The molecule has 31 heavy (non-hydrogen) atoms. The molecule has 0 saturated carbocycles. The minimum absolute atomic E-state index is 0.0449. The second-order valence-corrected chi connectivity index (χ2v) is 8.40. The third kappa shape index (κ3) is 5.41. The number of rotatable bonds is 8. The van der Waals surface area contributed by atoms with Crippen molar-refractivity contribution in [1.82, 2.24) is 20.1 Å². The highest BCUT2D eigenvalue weighted by Gasteiger charge is 2.19. The van der Waals surface area contributed by atoms with Gasteiger partial charge in [0.2, 0.25) is 5.91 Å². The molecule has 5 nitrogen and oxygen atoms in total. The van der Waals surface area contributed by atoms with E-state index in [2.05, 4.69) is 21.6 Å². The Morgan fingerprint density at radius 1 is 1.06 bits per heavy atom. The molecule has 0 fully saturated rings. The van der Waals surface area contributed by atoms with Crippen LogP contribution in [-0.2, 0) is 4.79 Å². The zero-order valence-corrected chi connectivity index (χ0v) is 18.1. The van der Waals surface area contributed by atoms with Gasteiger partial charge in [-0.3, -0.25) is 9.36 Å². The molecule has 1 N–H and O–H groups in total. The van der Waals surface area contributed by atoms with E-state index in [-0.39, 0.29) is 17.5 Å². The van der Waals surface area contributed by atoms with Crippen molar-refractivity contribution in [2.45, 2.75) is 37.3 Å². The maximum atomic E-state index is 14.4. The number of amides is 1. The van der Waals surface area contributed by atoms with Crippen LogP contribution in [0.1, 0.15) is 32.1 Å². The Labute approximate surface area is 185 Å². The number of allylic oxidation sites excluding steroid dienone is 1. The van der Waals surface area contributed by atoms with Gasteiger partial charge in [-0.25, -0.2) is 4.39 Å². The topological polar surface area (TPSA) is 59.8 Å². The summed E-state index contributed by atoms with van der Waals surface area (Å²) >= 11 is 1.30. The molecule has 0 atom stereocenters. The minimum Gasteiger partial charge on any atom is -0.355 e. The Morgan fingerprint density at radius 3 is 2.65 bits per heavy atom. The molecule has 0 saturated heterocycles. The molecule has 160 valence electrons. The highest BCUT2D eigenvalue weighted by Crippen LogP contribution is 2.29. The van der Waals surface area contributed by atoms with Crippen LogP contribution in [0.4, 0.5) is 4.39 Å². The lowest BCUT2D eigenvalue weighted by atomic mass is 9.97. The van der Waals surface area contributed by atoms with E-state index in [0.717, 1.165) is 24.9 Å². The molecule has 0 spiro atoms. The second kappa shape index (κ2) is 10.4. The Morgan fingerprint density at radius 2 is 1.87 bits per heavy atom. The molecular formula is C24H25FN4OS. The summed E-state index contributed by atoms with van der Waals surface area (Å²) in [7, 11) is 0. The van der Waals surface area contributed by atoms with Crippen molar-refractivity contribution < 1.29 is 9.18 Å². The Balaban J connectivity index is 1.46. The number of hydrogen-bond donors (Lipinski definition) is 1. The summed E-state index contributed by atoms with van der Waals surface area (Å²) < 4.78 is 16.2. The number of halogens is 1. The van der Waals surface area contributed by atoms with Crippen LogP contribution in [0.5, 0.6) is 0 Å². The summed E-state index contributed by atoms with van der Waals surface area (Å²) in [6, 6.07) is 16.0. The Kier molecular flexibility index (Phi) is 7.14. The fourth-order valence-corrected chi connectivity index (χ4v) is 4.45. The molecule has 1 amide bonds. The molecule has 1 heterocycles. The molecular weight excluding hydrogens is 411 g/mol. The van der Waals surface area contributed by atoms with Gasteiger partial charge in [0.15, 0.2) is 11.0 Å². The molecule has 0 unspecified atom stereocenters. The lowest BCUT2D eigenvalue weighted by molar-refractivity contribution is -0.118. The van der Waals surface area contributed by atoms with Gasteiger partial charge >= 0.3 is 0 Å². The quantitative estimate of drug-likeness (QED) is 0.391. The van der Waals surface area contributed by atoms with Gasteiger partial charge in [0, 0.05) is 12.2 Å². The highest BCUT2D eigenvalue weighted by molar-refractivity contribution is 7.99. The molecule has 2 aromatic carbocycles. The summed E-state index contributed by atoms with van der Waals surface area (Å²) in [5.41, 5.74) is 2.63. The van der Waals surface area contributed by atoms with Crippen molar-refractivity contribution >= 4 is 17.7 Å². The first kappa shape index (κ1) is 21.3. The normalized spacial score (nSPS) is 13.6. The van der Waals surface area contributed by atoms with Crippen LogP contribution in [-0.4, -0.2) is 33.0 Å². The first-order valence-electron chi connectivity index (χ1n) is 10.6. The maximum Gasteiger partial charge on any atom is 0.230 e. The van der Waals surface area contributed by atoms with Crippen molar-refractivity contribution in [3.8, 4) is 17.1 Å². The van der Waals surface area contributed by atoms with Crippen LogP contribution in [0.15, 0.2) is 71.4 Å². The van der Waals surface area contributed by atoms with Gasteiger partial charge in [-0.1, -0.05) is 53.7 Å².